The van der Waals surface area contributed by atoms with Gasteiger partial charge in [-0.25, -0.2) is 0 Å². The quantitative estimate of drug-likeness (QED) is 0.486. The third-order valence-electron chi connectivity index (χ3n) is 7.25. The number of hydrogen-bond donors (Lipinski definition) is 2. The molecule has 5 rings (SSSR count). The maximum atomic E-state index is 5.68. The van der Waals surface area contributed by atoms with E-state index in [9.17, 15) is 0 Å². The van der Waals surface area contributed by atoms with Crippen LogP contribution in [0.1, 0.15) is 68.9 Å². The summed E-state index contributed by atoms with van der Waals surface area (Å²) >= 11 is 5.68. The topological polar surface area (TPSA) is 56.3 Å². The number of hydrogen-bond acceptors (Lipinski definition) is 5. The van der Waals surface area contributed by atoms with Gasteiger partial charge in [-0.2, -0.15) is 9.97 Å². The van der Waals surface area contributed by atoms with Crippen LogP contribution in [0.15, 0.2) is 30.3 Å². The van der Waals surface area contributed by atoms with Crippen LogP contribution in [0.4, 0.5) is 17.6 Å². The highest BCUT2D eigenvalue weighted by Crippen LogP contribution is 2.28. The molecule has 176 valence electrons. The van der Waals surface area contributed by atoms with Gasteiger partial charge in [-0.1, -0.05) is 49.9 Å². The van der Waals surface area contributed by atoms with Crippen molar-refractivity contribution in [1.82, 2.24) is 15.3 Å². The molecule has 1 aromatic heterocycles. The minimum Gasteiger partial charge on any atom is -0.360 e. The maximum absolute atomic E-state index is 5.68. The minimum absolute atomic E-state index is 0.454. The van der Waals surface area contributed by atoms with Crippen molar-refractivity contribution < 1.29 is 0 Å². The molecule has 1 aromatic carbocycles. The van der Waals surface area contributed by atoms with Gasteiger partial charge in [0.2, 0.25) is 5.95 Å². The standard InChI is InChI=1S/C26H36N6S/c33-26(27-22-12-4-1-2-5-13-22)30-25-28-23(31-15-8-3-9-16-31)18-24(29-25)32-17-14-20-10-6-7-11-21(20)19-32/h6-7,10-11,18,22H,1-5,8-9,12-17,19H2,(H2,27,28,29,30,33). The lowest BCUT2D eigenvalue weighted by atomic mass is 10.00. The van der Waals surface area contributed by atoms with Crippen LogP contribution in [-0.4, -0.2) is 40.8 Å². The molecule has 0 atom stereocenters. The summed E-state index contributed by atoms with van der Waals surface area (Å²) in [5.41, 5.74) is 2.84. The lowest BCUT2D eigenvalue weighted by molar-refractivity contribution is 0.535. The summed E-state index contributed by atoms with van der Waals surface area (Å²) in [6.07, 6.45) is 12.4. The number of nitrogens with zero attached hydrogens (tertiary/aromatic N) is 4. The fourth-order valence-corrected chi connectivity index (χ4v) is 5.62. The van der Waals surface area contributed by atoms with Gasteiger partial charge in [-0.3, -0.25) is 0 Å². The van der Waals surface area contributed by atoms with Gasteiger partial charge in [-0.05, 0) is 61.9 Å². The highest BCUT2D eigenvalue weighted by Gasteiger charge is 2.22. The Balaban J connectivity index is 1.35. The zero-order chi connectivity index (χ0) is 22.5. The van der Waals surface area contributed by atoms with Gasteiger partial charge in [0.15, 0.2) is 5.11 Å². The van der Waals surface area contributed by atoms with Crippen LogP contribution in [0.2, 0.25) is 0 Å². The van der Waals surface area contributed by atoms with E-state index in [0.29, 0.717) is 17.1 Å². The molecule has 0 bridgehead atoms. The van der Waals surface area contributed by atoms with E-state index < -0.39 is 0 Å². The molecule has 2 fully saturated rings. The van der Waals surface area contributed by atoms with Crippen LogP contribution in [0, 0.1) is 0 Å². The Labute approximate surface area is 203 Å². The molecule has 2 aliphatic heterocycles. The summed E-state index contributed by atoms with van der Waals surface area (Å²) in [6, 6.07) is 11.4. The number of fused-ring (bicyclic) bond motifs is 1. The smallest absolute Gasteiger partial charge is 0.232 e. The minimum atomic E-state index is 0.454. The second kappa shape index (κ2) is 10.7. The molecular weight excluding hydrogens is 428 g/mol. The first-order valence-electron chi connectivity index (χ1n) is 12.8. The van der Waals surface area contributed by atoms with E-state index in [-0.39, 0.29) is 0 Å². The zero-order valence-corrected chi connectivity index (χ0v) is 20.4. The van der Waals surface area contributed by atoms with Gasteiger partial charge in [0.05, 0.1) is 0 Å². The van der Waals surface area contributed by atoms with Crippen LogP contribution in [0.25, 0.3) is 0 Å². The van der Waals surface area contributed by atoms with Crippen LogP contribution in [-0.2, 0) is 13.0 Å². The summed E-state index contributed by atoms with van der Waals surface area (Å²) in [5.74, 6) is 2.61. The van der Waals surface area contributed by atoms with Gasteiger partial charge in [-0.15, -0.1) is 0 Å². The Kier molecular flexibility index (Phi) is 7.24. The number of nitrogens with one attached hydrogen (secondary N) is 2. The van der Waals surface area contributed by atoms with Crippen molar-refractivity contribution in [2.24, 2.45) is 0 Å². The molecule has 0 spiro atoms. The highest BCUT2D eigenvalue weighted by atomic mass is 32.1. The molecule has 2 aromatic rings. The Morgan fingerprint density at radius 2 is 1.48 bits per heavy atom. The number of piperidine rings is 1. The first kappa shape index (κ1) is 22.4. The lowest BCUT2D eigenvalue weighted by Crippen LogP contribution is -2.38. The number of benzene rings is 1. The Bertz CT molecular complexity index is 950. The third-order valence-corrected chi connectivity index (χ3v) is 7.47. The zero-order valence-electron chi connectivity index (χ0n) is 19.6. The first-order chi connectivity index (χ1) is 16.2. The molecule has 0 unspecified atom stereocenters. The van der Waals surface area contributed by atoms with Crippen molar-refractivity contribution in [2.45, 2.75) is 76.8 Å². The summed E-state index contributed by atoms with van der Waals surface area (Å²) in [6.45, 7) is 3.97. The SMILES string of the molecule is S=C(Nc1nc(N2CCCCC2)cc(N2CCc3ccccc3C2)n1)NC1CCCCCC1. The number of thiocarbonyl (C=S) groups is 1. The Hall–Kier alpha value is -2.41. The maximum Gasteiger partial charge on any atom is 0.232 e. The average molecular weight is 465 g/mol. The van der Waals surface area contributed by atoms with Gasteiger partial charge in [0, 0.05) is 38.3 Å². The lowest BCUT2D eigenvalue weighted by Gasteiger charge is -2.32. The summed E-state index contributed by atoms with van der Waals surface area (Å²) < 4.78 is 0. The van der Waals surface area contributed by atoms with E-state index in [0.717, 1.165) is 44.2 Å². The molecule has 6 nitrogen and oxygen atoms in total. The highest BCUT2D eigenvalue weighted by molar-refractivity contribution is 7.80. The van der Waals surface area contributed by atoms with E-state index >= 15 is 0 Å². The van der Waals surface area contributed by atoms with E-state index in [2.05, 4.69) is 50.8 Å². The molecule has 1 saturated heterocycles. The van der Waals surface area contributed by atoms with E-state index in [1.807, 2.05) is 0 Å². The predicted molar refractivity (Wildman–Crippen MR) is 140 cm³/mol. The van der Waals surface area contributed by atoms with Crippen LogP contribution in [0.3, 0.4) is 0 Å². The average Bonchev–Trinajstić information content (AvgIpc) is 3.12. The summed E-state index contributed by atoms with van der Waals surface area (Å²) in [4.78, 5) is 14.6. The van der Waals surface area contributed by atoms with Crippen LogP contribution >= 0.6 is 12.2 Å². The molecule has 3 heterocycles. The normalized spacial score (nSPS) is 19.5. The predicted octanol–water partition coefficient (Wildman–Crippen LogP) is 5.04. The van der Waals surface area contributed by atoms with E-state index in [1.165, 1.54) is 68.9 Å². The van der Waals surface area contributed by atoms with E-state index in [1.54, 1.807) is 0 Å². The fraction of sp³-hybridized carbons (Fsp3) is 0.577. The van der Waals surface area contributed by atoms with Gasteiger partial charge in [0.25, 0.3) is 0 Å². The molecule has 7 heteroatoms. The van der Waals surface area contributed by atoms with Crippen molar-refractivity contribution >= 4 is 34.9 Å². The first-order valence-corrected chi connectivity index (χ1v) is 13.2. The molecule has 2 N–H and O–H groups in total. The molecule has 1 saturated carbocycles. The van der Waals surface area contributed by atoms with Crippen molar-refractivity contribution in [2.75, 3.05) is 34.8 Å². The number of anilines is 3. The Morgan fingerprint density at radius 3 is 2.24 bits per heavy atom. The van der Waals surface area contributed by atoms with Gasteiger partial charge < -0.3 is 20.4 Å². The molecule has 3 aliphatic rings. The van der Waals surface area contributed by atoms with Crippen molar-refractivity contribution in [3.05, 3.63) is 41.5 Å². The fourth-order valence-electron chi connectivity index (χ4n) is 5.36. The van der Waals surface area contributed by atoms with Crippen molar-refractivity contribution in [3.8, 4) is 0 Å². The van der Waals surface area contributed by atoms with Gasteiger partial charge in [0.1, 0.15) is 11.6 Å². The molecule has 1 aliphatic carbocycles. The van der Waals surface area contributed by atoms with Crippen LogP contribution < -0.4 is 20.4 Å². The number of rotatable bonds is 4. The third kappa shape index (κ3) is 5.75. The molecule has 0 amide bonds. The summed E-state index contributed by atoms with van der Waals surface area (Å²) in [7, 11) is 0. The monoisotopic (exact) mass is 464 g/mol. The number of aromatic nitrogens is 2. The second-order valence-electron chi connectivity index (χ2n) is 9.68. The molecular formula is C26H36N6S. The Morgan fingerprint density at radius 1 is 0.818 bits per heavy atom. The second-order valence-corrected chi connectivity index (χ2v) is 10.1. The van der Waals surface area contributed by atoms with Crippen molar-refractivity contribution in [3.63, 3.8) is 0 Å². The molecule has 33 heavy (non-hydrogen) atoms. The van der Waals surface area contributed by atoms with Crippen LogP contribution in [0.5, 0.6) is 0 Å². The van der Waals surface area contributed by atoms with E-state index in [4.69, 9.17) is 22.2 Å². The molecule has 0 radical (unpaired) electrons. The summed E-state index contributed by atoms with van der Waals surface area (Å²) in [5, 5.41) is 7.51. The van der Waals surface area contributed by atoms with Gasteiger partial charge >= 0.3 is 0 Å². The van der Waals surface area contributed by atoms with Crippen molar-refractivity contribution in [1.29, 1.82) is 0 Å². The largest absolute Gasteiger partial charge is 0.360 e.